The molecule has 0 atom stereocenters. The highest BCUT2D eigenvalue weighted by Crippen LogP contribution is 2.34. The average Bonchev–Trinajstić information content (AvgIpc) is 3.06. The van der Waals surface area contributed by atoms with E-state index >= 15 is 0 Å². The first-order valence-corrected chi connectivity index (χ1v) is 8.77. The van der Waals surface area contributed by atoms with Crippen LogP contribution in [0.25, 0.3) is 39.0 Å². The van der Waals surface area contributed by atoms with Crippen molar-refractivity contribution in [2.75, 3.05) is 0 Å². The SMILES string of the molecule is Cc1ccccc1-c1nc2ccccc2c2nc3cc(C(F)(F)F)ccc3n12. The second kappa shape index (κ2) is 5.79. The number of aryl methyl sites for hydroxylation is 1. The summed E-state index contributed by atoms with van der Waals surface area (Å²) in [5.74, 6) is 0.661. The summed E-state index contributed by atoms with van der Waals surface area (Å²) in [4.78, 5) is 9.39. The van der Waals surface area contributed by atoms with Crippen molar-refractivity contribution < 1.29 is 13.2 Å². The first kappa shape index (κ1) is 16.7. The quantitative estimate of drug-likeness (QED) is 0.357. The van der Waals surface area contributed by atoms with Crippen molar-refractivity contribution in [2.45, 2.75) is 13.1 Å². The number of alkyl halides is 3. The largest absolute Gasteiger partial charge is 0.416 e. The number of nitrogens with zero attached hydrogens (tertiary/aromatic N) is 3. The number of fused-ring (bicyclic) bond motifs is 5. The van der Waals surface area contributed by atoms with E-state index in [1.807, 2.05) is 59.9 Å². The number of para-hydroxylation sites is 1. The lowest BCUT2D eigenvalue weighted by Crippen LogP contribution is -2.04. The van der Waals surface area contributed by atoms with Crippen molar-refractivity contribution in [3.8, 4) is 11.4 Å². The van der Waals surface area contributed by atoms with Crippen LogP contribution in [-0.2, 0) is 6.18 Å². The van der Waals surface area contributed by atoms with Crippen LogP contribution in [0.3, 0.4) is 0 Å². The fourth-order valence-electron chi connectivity index (χ4n) is 3.58. The lowest BCUT2D eigenvalue weighted by molar-refractivity contribution is -0.137. The van der Waals surface area contributed by atoms with Gasteiger partial charge in [-0.3, -0.25) is 4.40 Å². The second-order valence-corrected chi connectivity index (χ2v) is 6.74. The van der Waals surface area contributed by atoms with Crippen molar-refractivity contribution in [1.29, 1.82) is 0 Å². The Labute approximate surface area is 158 Å². The predicted molar refractivity (Wildman–Crippen MR) is 103 cm³/mol. The van der Waals surface area contributed by atoms with E-state index in [2.05, 4.69) is 4.98 Å². The van der Waals surface area contributed by atoms with E-state index in [0.717, 1.165) is 34.2 Å². The molecule has 0 radical (unpaired) electrons. The van der Waals surface area contributed by atoms with Crippen molar-refractivity contribution >= 4 is 27.6 Å². The third-order valence-corrected chi connectivity index (χ3v) is 4.95. The molecule has 0 amide bonds. The van der Waals surface area contributed by atoms with Crippen LogP contribution in [0.15, 0.2) is 66.7 Å². The Kier molecular flexibility index (Phi) is 3.46. The minimum absolute atomic E-state index is 0.294. The molecular formula is C22H14F3N3. The minimum atomic E-state index is -4.41. The van der Waals surface area contributed by atoms with Crippen LogP contribution in [0.4, 0.5) is 13.2 Å². The van der Waals surface area contributed by atoms with Gasteiger partial charge in [-0.05, 0) is 42.8 Å². The van der Waals surface area contributed by atoms with Crippen molar-refractivity contribution in [3.63, 3.8) is 0 Å². The van der Waals surface area contributed by atoms with Crippen molar-refractivity contribution in [1.82, 2.24) is 14.4 Å². The molecular weight excluding hydrogens is 363 g/mol. The Morgan fingerprint density at radius 1 is 0.821 bits per heavy atom. The normalized spacial score (nSPS) is 12.3. The van der Waals surface area contributed by atoms with Gasteiger partial charge in [-0.15, -0.1) is 0 Å². The van der Waals surface area contributed by atoms with Gasteiger partial charge >= 0.3 is 6.18 Å². The average molecular weight is 377 g/mol. The summed E-state index contributed by atoms with van der Waals surface area (Å²) in [5.41, 5.74) is 3.47. The van der Waals surface area contributed by atoms with Crippen molar-refractivity contribution in [2.24, 2.45) is 0 Å². The molecule has 0 aliphatic rings. The zero-order valence-corrected chi connectivity index (χ0v) is 14.8. The van der Waals surface area contributed by atoms with Gasteiger partial charge in [0, 0.05) is 10.9 Å². The van der Waals surface area contributed by atoms with Crippen LogP contribution in [-0.4, -0.2) is 14.4 Å². The molecule has 0 spiro atoms. The molecule has 5 rings (SSSR count). The van der Waals surface area contributed by atoms with Crippen LogP contribution >= 0.6 is 0 Å². The molecule has 6 heteroatoms. The Morgan fingerprint density at radius 3 is 2.36 bits per heavy atom. The van der Waals surface area contributed by atoms with Crippen LogP contribution in [0.2, 0.25) is 0 Å². The summed E-state index contributed by atoms with van der Waals surface area (Å²) in [7, 11) is 0. The van der Waals surface area contributed by atoms with E-state index in [1.165, 1.54) is 6.07 Å². The van der Waals surface area contributed by atoms with E-state index in [9.17, 15) is 13.2 Å². The monoisotopic (exact) mass is 377 g/mol. The molecule has 2 heterocycles. The van der Waals surface area contributed by atoms with Crippen LogP contribution in [0.5, 0.6) is 0 Å². The highest BCUT2D eigenvalue weighted by Gasteiger charge is 2.31. The summed E-state index contributed by atoms with van der Waals surface area (Å²) in [6.07, 6.45) is -4.41. The molecule has 0 aliphatic heterocycles. The van der Waals surface area contributed by atoms with E-state index in [0.29, 0.717) is 22.5 Å². The lowest BCUT2D eigenvalue weighted by atomic mass is 10.1. The predicted octanol–water partition coefficient (Wildman–Crippen LogP) is 6.03. The zero-order valence-electron chi connectivity index (χ0n) is 14.8. The summed E-state index contributed by atoms with van der Waals surface area (Å²) in [6, 6.07) is 19.0. The van der Waals surface area contributed by atoms with Gasteiger partial charge in [-0.1, -0.05) is 36.4 Å². The standard InChI is InChI=1S/C22H14F3N3/c1-13-6-2-3-7-15(13)20-26-17-9-5-4-8-16(17)21-27-18-12-14(22(23,24)25)10-11-19(18)28(20)21/h2-12H,1H3. The third-order valence-electron chi connectivity index (χ3n) is 4.95. The van der Waals surface area contributed by atoms with Gasteiger partial charge in [0.15, 0.2) is 0 Å². The van der Waals surface area contributed by atoms with E-state index < -0.39 is 11.7 Å². The summed E-state index contributed by atoms with van der Waals surface area (Å²) in [5, 5.41) is 0.796. The molecule has 28 heavy (non-hydrogen) atoms. The molecule has 5 aromatic rings. The number of halogens is 3. The summed E-state index contributed by atoms with van der Waals surface area (Å²) in [6.45, 7) is 1.99. The molecule has 3 aromatic carbocycles. The van der Waals surface area contributed by atoms with Gasteiger partial charge < -0.3 is 0 Å². The van der Waals surface area contributed by atoms with Gasteiger partial charge in [0.1, 0.15) is 11.5 Å². The van der Waals surface area contributed by atoms with E-state index in [-0.39, 0.29) is 0 Å². The lowest BCUT2D eigenvalue weighted by Gasteiger charge is -2.11. The molecule has 0 saturated heterocycles. The molecule has 0 unspecified atom stereocenters. The molecule has 0 saturated carbocycles. The van der Waals surface area contributed by atoms with Gasteiger partial charge in [-0.2, -0.15) is 13.2 Å². The topological polar surface area (TPSA) is 30.2 Å². The van der Waals surface area contributed by atoms with Gasteiger partial charge in [0.25, 0.3) is 0 Å². The van der Waals surface area contributed by atoms with Crippen LogP contribution < -0.4 is 0 Å². The van der Waals surface area contributed by atoms with Crippen LogP contribution in [0, 0.1) is 6.92 Å². The zero-order chi connectivity index (χ0) is 19.5. The Hall–Kier alpha value is -3.41. The molecule has 138 valence electrons. The highest BCUT2D eigenvalue weighted by atomic mass is 19.4. The highest BCUT2D eigenvalue weighted by molar-refractivity contribution is 5.98. The minimum Gasteiger partial charge on any atom is -0.276 e. The maximum absolute atomic E-state index is 13.2. The number of benzene rings is 3. The smallest absolute Gasteiger partial charge is 0.276 e. The molecule has 0 fully saturated rings. The third kappa shape index (κ3) is 2.45. The summed E-state index contributed by atoms with van der Waals surface area (Å²) < 4.78 is 41.4. The number of hydrogen-bond donors (Lipinski definition) is 0. The molecule has 0 N–H and O–H groups in total. The number of aromatic nitrogens is 3. The molecule has 3 nitrogen and oxygen atoms in total. The molecule has 2 aromatic heterocycles. The number of rotatable bonds is 1. The van der Waals surface area contributed by atoms with Crippen LogP contribution in [0.1, 0.15) is 11.1 Å². The number of hydrogen-bond acceptors (Lipinski definition) is 2. The Balaban J connectivity index is 1.97. The summed E-state index contributed by atoms with van der Waals surface area (Å²) >= 11 is 0. The first-order chi connectivity index (χ1) is 13.4. The van der Waals surface area contributed by atoms with E-state index in [1.54, 1.807) is 0 Å². The number of imidazole rings is 1. The van der Waals surface area contributed by atoms with Gasteiger partial charge in [0.2, 0.25) is 0 Å². The van der Waals surface area contributed by atoms with Crippen molar-refractivity contribution in [3.05, 3.63) is 77.9 Å². The van der Waals surface area contributed by atoms with Gasteiger partial charge in [0.05, 0.1) is 22.1 Å². The molecule has 0 bridgehead atoms. The Bertz CT molecular complexity index is 1370. The van der Waals surface area contributed by atoms with E-state index in [4.69, 9.17) is 4.98 Å². The maximum Gasteiger partial charge on any atom is 0.416 e. The fourth-order valence-corrected chi connectivity index (χ4v) is 3.58. The second-order valence-electron chi connectivity index (χ2n) is 6.74. The van der Waals surface area contributed by atoms with Gasteiger partial charge in [-0.25, -0.2) is 9.97 Å². The molecule has 0 aliphatic carbocycles. The Morgan fingerprint density at radius 2 is 1.57 bits per heavy atom. The fraction of sp³-hybridized carbons (Fsp3) is 0.0909. The maximum atomic E-state index is 13.2. The first-order valence-electron chi connectivity index (χ1n) is 8.77.